The van der Waals surface area contributed by atoms with Crippen LogP contribution in [0.1, 0.15) is 50.3 Å². The summed E-state index contributed by atoms with van der Waals surface area (Å²) in [6.45, 7) is 5.74. The Hall–Kier alpha value is -1.84. The predicted octanol–water partition coefficient (Wildman–Crippen LogP) is 5.21. The maximum Gasteiger partial charge on any atom is 0.224 e. The van der Waals surface area contributed by atoms with E-state index in [0.717, 1.165) is 37.4 Å². The minimum absolute atomic E-state index is 0.0400. The first-order chi connectivity index (χ1) is 13.1. The number of carbonyl (C=O) groups excluding carboxylic acids is 1. The fourth-order valence-electron chi connectivity index (χ4n) is 3.82. The van der Waals surface area contributed by atoms with Crippen molar-refractivity contribution >= 4 is 17.5 Å². The van der Waals surface area contributed by atoms with Gasteiger partial charge in [-0.25, -0.2) is 0 Å². The second kappa shape index (κ2) is 9.38. The predicted molar refractivity (Wildman–Crippen MR) is 112 cm³/mol. The summed E-state index contributed by atoms with van der Waals surface area (Å²) in [5, 5.41) is 3.92. The summed E-state index contributed by atoms with van der Waals surface area (Å²) in [7, 11) is 0. The van der Waals surface area contributed by atoms with Crippen LogP contribution >= 0.6 is 11.6 Å². The van der Waals surface area contributed by atoms with Crippen LogP contribution in [0.25, 0.3) is 0 Å². The second-order valence-electron chi connectivity index (χ2n) is 7.58. The minimum Gasteiger partial charge on any atom is -0.353 e. The molecule has 27 heavy (non-hydrogen) atoms. The molecule has 2 aromatic rings. The average Bonchev–Trinajstić information content (AvgIpc) is 2.68. The van der Waals surface area contributed by atoms with Gasteiger partial charge in [0.05, 0.1) is 5.92 Å². The quantitative estimate of drug-likeness (QED) is 0.741. The minimum atomic E-state index is 0.0400. The van der Waals surface area contributed by atoms with Crippen LogP contribution in [0.15, 0.2) is 54.6 Å². The molecule has 0 spiro atoms. The van der Waals surface area contributed by atoms with E-state index in [1.54, 1.807) is 0 Å². The van der Waals surface area contributed by atoms with Crippen molar-refractivity contribution in [1.82, 2.24) is 10.2 Å². The van der Waals surface area contributed by atoms with Crippen LogP contribution in [0.3, 0.4) is 0 Å². The van der Waals surface area contributed by atoms with E-state index in [1.807, 2.05) is 18.2 Å². The Bertz CT molecular complexity index is 749. The van der Waals surface area contributed by atoms with E-state index in [4.69, 9.17) is 11.6 Å². The summed E-state index contributed by atoms with van der Waals surface area (Å²) in [6, 6.07) is 19.2. The lowest BCUT2D eigenvalue weighted by atomic mass is 9.88. The summed E-state index contributed by atoms with van der Waals surface area (Å²) in [5.74, 6) is 0.227. The Morgan fingerprint density at radius 2 is 1.96 bits per heavy atom. The second-order valence-corrected chi connectivity index (χ2v) is 8.01. The molecule has 144 valence electrons. The summed E-state index contributed by atoms with van der Waals surface area (Å²) >= 11 is 6.19. The molecule has 1 amide bonds. The van der Waals surface area contributed by atoms with Crippen molar-refractivity contribution in [2.45, 2.75) is 51.7 Å². The van der Waals surface area contributed by atoms with Gasteiger partial charge in [0, 0.05) is 30.2 Å². The van der Waals surface area contributed by atoms with E-state index >= 15 is 0 Å². The molecule has 1 fully saturated rings. The number of nitrogens with zero attached hydrogens (tertiary/aromatic N) is 1. The summed E-state index contributed by atoms with van der Waals surface area (Å²) < 4.78 is 0. The molecule has 4 heteroatoms. The first-order valence-corrected chi connectivity index (χ1v) is 10.3. The monoisotopic (exact) mass is 384 g/mol. The highest BCUT2D eigenvalue weighted by Gasteiger charge is 2.33. The van der Waals surface area contributed by atoms with Crippen molar-refractivity contribution in [3.8, 4) is 0 Å². The summed E-state index contributed by atoms with van der Waals surface area (Å²) in [4.78, 5) is 15.1. The van der Waals surface area contributed by atoms with Crippen molar-refractivity contribution in [2.24, 2.45) is 5.92 Å². The fraction of sp³-hybridized carbons (Fsp3) is 0.435. The van der Waals surface area contributed by atoms with E-state index in [9.17, 15) is 4.79 Å². The van der Waals surface area contributed by atoms with Gasteiger partial charge in [0.15, 0.2) is 0 Å². The molecule has 3 rings (SSSR count). The number of amides is 1. The van der Waals surface area contributed by atoms with Gasteiger partial charge in [-0.1, -0.05) is 61.0 Å². The Morgan fingerprint density at radius 1 is 1.19 bits per heavy atom. The maximum absolute atomic E-state index is 12.7. The highest BCUT2D eigenvalue weighted by molar-refractivity contribution is 6.30. The van der Waals surface area contributed by atoms with Crippen LogP contribution in [-0.4, -0.2) is 23.4 Å². The number of likely N-dealkylation sites (tertiary alicyclic amines) is 1. The number of benzene rings is 2. The first-order valence-electron chi connectivity index (χ1n) is 9.90. The number of carbonyl (C=O) groups is 1. The first kappa shape index (κ1) is 19.9. The van der Waals surface area contributed by atoms with Gasteiger partial charge in [0.25, 0.3) is 0 Å². The molecule has 2 aromatic carbocycles. The molecule has 0 unspecified atom stereocenters. The van der Waals surface area contributed by atoms with Crippen LogP contribution in [0, 0.1) is 5.92 Å². The Morgan fingerprint density at radius 3 is 2.67 bits per heavy atom. The molecule has 1 aliphatic heterocycles. The highest BCUT2D eigenvalue weighted by atomic mass is 35.5. The van der Waals surface area contributed by atoms with Crippen LogP contribution in [0.5, 0.6) is 0 Å². The van der Waals surface area contributed by atoms with E-state index in [-0.39, 0.29) is 17.9 Å². The zero-order valence-electron chi connectivity index (χ0n) is 16.2. The lowest BCUT2D eigenvalue weighted by Crippen LogP contribution is -2.46. The van der Waals surface area contributed by atoms with Gasteiger partial charge < -0.3 is 5.32 Å². The molecule has 1 N–H and O–H groups in total. The number of rotatable bonds is 6. The Kier molecular flexibility index (Phi) is 6.92. The molecule has 3 nitrogen and oxygen atoms in total. The average molecular weight is 385 g/mol. The standard InChI is InChI=1S/C23H29ClN2O/c1-3-17(2)25-23(27)20-12-13-22(19-9-5-4-6-10-19)26(16-20)15-18-8-7-11-21(24)14-18/h4-11,14,17,20,22H,3,12-13,15-16H2,1-2H3,(H,25,27)/t17-,20-,22-/m0/s1. The summed E-state index contributed by atoms with van der Waals surface area (Å²) in [6.07, 6.45) is 2.87. The molecule has 0 bridgehead atoms. The van der Waals surface area contributed by atoms with Gasteiger partial charge in [-0.05, 0) is 49.4 Å². The van der Waals surface area contributed by atoms with Crippen molar-refractivity contribution in [1.29, 1.82) is 0 Å². The largest absolute Gasteiger partial charge is 0.353 e. The molecule has 1 heterocycles. The lowest BCUT2D eigenvalue weighted by molar-refractivity contribution is -0.128. The molecule has 0 aromatic heterocycles. The van der Waals surface area contributed by atoms with E-state index < -0.39 is 0 Å². The van der Waals surface area contributed by atoms with Crippen LogP contribution < -0.4 is 5.32 Å². The normalized spacial score (nSPS) is 21.6. The number of hydrogen-bond acceptors (Lipinski definition) is 2. The molecule has 0 aliphatic carbocycles. The zero-order chi connectivity index (χ0) is 19.2. The van der Waals surface area contributed by atoms with E-state index in [2.05, 4.69) is 60.5 Å². The third kappa shape index (κ3) is 5.33. The van der Waals surface area contributed by atoms with Crippen LogP contribution in [-0.2, 0) is 11.3 Å². The summed E-state index contributed by atoms with van der Waals surface area (Å²) in [5.41, 5.74) is 2.51. The topological polar surface area (TPSA) is 32.3 Å². The van der Waals surface area contributed by atoms with Gasteiger partial charge in [-0.3, -0.25) is 9.69 Å². The molecule has 1 saturated heterocycles. The van der Waals surface area contributed by atoms with Crippen molar-refractivity contribution < 1.29 is 4.79 Å². The SMILES string of the molecule is CC[C@H](C)NC(=O)[C@H]1CC[C@@H](c2ccccc2)N(Cc2cccc(Cl)c2)C1. The third-order valence-electron chi connectivity index (χ3n) is 5.52. The fourth-order valence-corrected chi connectivity index (χ4v) is 4.03. The van der Waals surface area contributed by atoms with E-state index in [1.165, 1.54) is 11.1 Å². The number of piperidine rings is 1. The molecular formula is C23H29ClN2O. The van der Waals surface area contributed by atoms with Gasteiger partial charge in [0.2, 0.25) is 5.91 Å². The van der Waals surface area contributed by atoms with Gasteiger partial charge >= 0.3 is 0 Å². The maximum atomic E-state index is 12.7. The molecule has 0 saturated carbocycles. The number of nitrogens with one attached hydrogen (secondary N) is 1. The van der Waals surface area contributed by atoms with Crippen LogP contribution in [0.4, 0.5) is 0 Å². The van der Waals surface area contributed by atoms with Crippen molar-refractivity contribution in [3.63, 3.8) is 0 Å². The molecular weight excluding hydrogens is 356 g/mol. The van der Waals surface area contributed by atoms with E-state index in [0.29, 0.717) is 6.04 Å². The molecule has 1 aliphatic rings. The zero-order valence-corrected chi connectivity index (χ0v) is 17.0. The molecule has 3 atom stereocenters. The van der Waals surface area contributed by atoms with Gasteiger partial charge in [-0.2, -0.15) is 0 Å². The van der Waals surface area contributed by atoms with Crippen molar-refractivity contribution in [2.75, 3.05) is 6.54 Å². The molecule has 0 radical (unpaired) electrons. The lowest BCUT2D eigenvalue weighted by Gasteiger charge is -2.40. The van der Waals surface area contributed by atoms with Gasteiger partial charge in [-0.15, -0.1) is 0 Å². The van der Waals surface area contributed by atoms with Crippen molar-refractivity contribution in [3.05, 3.63) is 70.7 Å². The smallest absolute Gasteiger partial charge is 0.224 e. The Labute approximate surface area is 167 Å². The highest BCUT2D eigenvalue weighted by Crippen LogP contribution is 2.35. The third-order valence-corrected chi connectivity index (χ3v) is 5.75. The van der Waals surface area contributed by atoms with Gasteiger partial charge in [0.1, 0.15) is 0 Å². The number of hydrogen-bond donors (Lipinski definition) is 1. The van der Waals surface area contributed by atoms with Crippen LogP contribution in [0.2, 0.25) is 5.02 Å². The Balaban J connectivity index is 1.78. The number of halogens is 1.